The molecule has 32 heavy (non-hydrogen) atoms. The molecule has 4 rings (SSSR count). The van der Waals surface area contributed by atoms with Crippen molar-refractivity contribution in [2.45, 2.75) is 6.92 Å². The number of piperazine rings is 1. The Labute approximate surface area is 187 Å². The minimum atomic E-state index is -0.275. The Kier molecular flexibility index (Phi) is 5.94. The van der Waals surface area contributed by atoms with Crippen molar-refractivity contribution in [1.82, 2.24) is 9.80 Å². The summed E-state index contributed by atoms with van der Waals surface area (Å²) < 4.78 is 0. The van der Waals surface area contributed by atoms with Gasteiger partial charge in [-0.3, -0.25) is 19.2 Å². The van der Waals surface area contributed by atoms with Crippen LogP contribution >= 0.6 is 0 Å². The average molecular weight is 434 g/mol. The zero-order valence-corrected chi connectivity index (χ0v) is 18.3. The number of carbonyl (C=O) groups is 4. The van der Waals surface area contributed by atoms with Gasteiger partial charge < -0.3 is 19.6 Å². The maximum absolute atomic E-state index is 13.0. The molecule has 2 aliphatic rings. The number of likely N-dealkylation sites (N-methyl/N-ethyl adjacent to an activating group) is 1. The van der Waals surface area contributed by atoms with Crippen molar-refractivity contribution in [3.63, 3.8) is 0 Å². The average Bonchev–Trinajstić information content (AvgIpc) is 2.89. The van der Waals surface area contributed by atoms with E-state index in [1.54, 1.807) is 43.1 Å². The number of ketones is 1. The van der Waals surface area contributed by atoms with Crippen LogP contribution in [0, 0.1) is 0 Å². The maximum atomic E-state index is 13.0. The van der Waals surface area contributed by atoms with Crippen LogP contribution in [0.15, 0.2) is 48.5 Å². The fourth-order valence-corrected chi connectivity index (χ4v) is 4.12. The molecule has 2 aromatic carbocycles. The van der Waals surface area contributed by atoms with E-state index in [1.807, 2.05) is 24.3 Å². The summed E-state index contributed by atoms with van der Waals surface area (Å²) in [6.07, 6.45) is 0. The quantitative estimate of drug-likeness (QED) is 0.684. The highest BCUT2D eigenvalue weighted by atomic mass is 16.2. The summed E-state index contributed by atoms with van der Waals surface area (Å²) in [5.74, 6) is -0.613. The lowest BCUT2D eigenvalue weighted by Gasteiger charge is -2.37. The molecule has 166 valence electrons. The first-order valence-electron chi connectivity index (χ1n) is 10.6. The van der Waals surface area contributed by atoms with Crippen molar-refractivity contribution in [2.75, 3.05) is 56.1 Å². The van der Waals surface area contributed by atoms with Gasteiger partial charge in [-0.15, -0.1) is 0 Å². The second-order valence-electron chi connectivity index (χ2n) is 8.13. The van der Waals surface area contributed by atoms with E-state index < -0.39 is 0 Å². The van der Waals surface area contributed by atoms with E-state index in [-0.39, 0.29) is 36.6 Å². The van der Waals surface area contributed by atoms with E-state index in [2.05, 4.69) is 4.90 Å². The molecule has 3 amide bonds. The van der Waals surface area contributed by atoms with Crippen molar-refractivity contribution in [3.8, 4) is 0 Å². The number of fused-ring (bicyclic) bond motifs is 1. The number of hydrogen-bond acceptors (Lipinski definition) is 5. The highest BCUT2D eigenvalue weighted by molar-refractivity contribution is 6.11. The Morgan fingerprint density at radius 3 is 2.22 bits per heavy atom. The molecule has 0 atom stereocenters. The largest absolute Gasteiger partial charge is 0.368 e. The monoisotopic (exact) mass is 434 g/mol. The number of para-hydroxylation sites is 1. The van der Waals surface area contributed by atoms with Gasteiger partial charge in [0.2, 0.25) is 11.8 Å². The fraction of sp³-hybridized carbons (Fsp3) is 0.333. The van der Waals surface area contributed by atoms with Crippen LogP contribution in [0.5, 0.6) is 0 Å². The van der Waals surface area contributed by atoms with Gasteiger partial charge in [0.25, 0.3) is 5.91 Å². The number of amides is 3. The zero-order chi connectivity index (χ0) is 22.8. The first kappa shape index (κ1) is 21.5. The second-order valence-corrected chi connectivity index (χ2v) is 8.13. The van der Waals surface area contributed by atoms with Gasteiger partial charge in [0.05, 0.1) is 11.3 Å². The molecule has 2 aromatic rings. The van der Waals surface area contributed by atoms with Crippen LogP contribution in [-0.2, 0) is 9.59 Å². The normalized spacial score (nSPS) is 16.7. The number of benzene rings is 2. The zero-order valence-electron chi connectivity index (χ0n) is 18.3. The lowest BCUT2D eigenvalue weighted by molar-refractivity contribution is -0.131. The van der Waals surface area contributed by atoms with Crippen molar-refractivity contribution < 1.29 is 19.2 Å². The summed E-state index contributed by atoms with van der Waals surface area (Å²) >= 11 is 0. The SMILES string of the molecule is CC(=O)c1ccc(N2CCN(C(=O)CN3C(=O)CN(C)C(=O)c4ccccc43)CC2)cc1. The Hall–Kier alpha value is -3.68. The van der Waals surface area contributed by atoms with Gasteiger partial charge in [0, 0.05) is 44.5 Å². The van der Waals surface area contributed by atoms with Crippen molar-refractivity contribution in [1.29, 1.82) is 0 Å². The van der Waals surface area contributed by atoms with Crippen LogP contribution in [0.3, 0.4) is 0 Å². The maximum Gasteiger partial charge on any atom is 0.256 e. The van der Waals surface area contributed by atoms with Gasteiger partial charge in [-0.1, -0.05) is 12.1 Å². The van der Waals surface area contributed by atoms with Crippen LogP contribution in [0.1, 0.15) is 27.6 Å². The molecule has 0 bridgehead atoms. The smallest absolute Gasteiger partial charge is 0.256 e. The number of carbonyl (C=O) groups excluding carboxylic acids is 4. The van der Waals surface area contributed by atoms with E-state index in [1.165, 1.54) is 9.80 Å². The molecule has 2 aliphatic heterocycles. The van der Waals surface area contributed by atoms with Crippen LogP contribution in [0.4, 0.5) is 11.4 Å². The van der Waals surface area contributed by atoms with Gasteiger partial charge in [-0.05, 0) is 43.3 Å². The number of nitrogens with zero attached hydrogens (tertiary/aromatic N) is 4. The number of Topliss-reactive ketones (excluding diaryl/α,β-unsaturated/α-hetero) is 1. The first-order valence-corrected chi connectivity index (χ1v) is 10.6. The topological polar surface area (TPSA) is 81.2 Å². The van der Waals surface area contributed by atoms with E-state index in [4.69, 9.17) is 0 Å². The molecule has 0 unspecified atom stereocenters. The van der Waals surface area contributed by atoms with Gasteiger partial charge >= 0.3 is 0 Å². The van der Waals surface area contributed by atoms with E-state index in [0.29, 0.717) is 43.0 Å². The third-order valence-corrected chi connectivity index (χ3v) is 6.01. The van der Waals surface area contributed by atoms with Crippen LogP contribution in [0.25, 0.3) is 0 Å². The molecule has 0 aliphatic carbocycles. The molecular weight excluding hydrogens is 408 g/mol. The van der Waals surface area contributed by atoms with Crippen molar-refractivity contribution >= 4 is 34.9 Å². The third-order valence-electron chi connectivity index (χ3n) is 6.01. The molecule has 1 fully saturated rings. The number of anilines is 2. The van der Waals surface area contributed by atoms with Crippen LogP contribution in [-0.4, -0.2) is 79.6 Å². The molecule has 8 nitrogen and oxygen atoms in total. The summed E-state index contributed by atoms with van der Waals surface area (Å²) in [6.45, 7) is 3.79. The van der Waals surface area contributed by atoms with Gasteiger partial charge in [-0.2, -0.15) is 0 Å². The van der Waals surface area contributed by atoms with E-state index in [0.717, 1.165) is 5.69 Å². The van der Waals surface area contributed by atoms with Gasteiger partial charge in [-0.25, -0.2) is 0 Å². The molecule has 8 heteroatoms. The van der Waals surface area contributed by atoms with E-state index in [9.17, 15) is 19.2 Å². The molecule has 0 saturated carbocycles. The molecule has 0 aromatic heterocycles. The van der Waals surface area contributed by atoms with Crippen molar-refractivity contribution in [3.05, 3.63) is 59.7 Å². The molecule has 0 spiro atoms. The highest BCUT2D eigenvalue weighted by Crippen LogP contribution is 2.25. The lowest BCUT2D eigenvalue weighted by atomic mass is 10.1. The van der Waals surface area contributed by atoms with Crippen LogP contribution in [0.2, 0.25) is 0 Å². The molecule has 0 N–H and O–H groups in total. The van der Waals surface area contributed by atoms with Gasteiger partial charge in [0.1, 0.15) is 13.1 Å². The summed E-state index contributed by atoms with van der Waals surface area (Å²) in [5, 5.41) is 0. The van der Waals surface area contributed by atoms with Gasteiger partial charge in [0.15, 0.2) is 5.78 Å². The first-order chi connectivity index (χ1) is 15.3. The molecule has 2 heterocycles. The molecule has 1 saturated heterocycles. The predicted molar refractivity (Wildman–Crippen MR) is 121 cm³/mol. The second kappa shape index (κ2) is 8.82. The van der Waals surface area contributed by atoms with Crippen molar-refractivity contribution in [2.24, 2.45) is 0 Å². The molecular formula is C24H26N4O4. The standard InChI is InChI=1S/C24H26N4O4/c1-17(29)18-7-9-19(10-8-18)26-11-13-27(14-12-26)22(30)16-28-21-6-4-3-5-20(21)24(32)25(2)15-23(28)31/h3-10H,11-16H2,1-2H3. The summed E-state index contributed by atoms with van der Waals surface area (Å²) in [7, 11) is 1.59. The van der Waals surface area contributed by atoms with E-state index >= 15 is 0 Å². The lowest BCUT2D eigenvalue weighted by Crippen LogP contribution is -2.52. The Morgan fingerprint density at radius 2 is 1.56 bits per heavy atom. The summed E-state index contributed by atoms with van der Waals surface area (Å²) in [5.41, 5.74) is 2.59. The molecule has 0 radical (unpaired) electrons. The van der Waals surface area contributed by atoms with Crippen LogP contribution < -0.4 is 9.80 Å². The Bertz CT molecular complexity index is 1060. The number of rotatable bonds is 4. The fourth-order valence-electron chi connectivity index (χ4n) is 4.12. The Morgan fingerprint density at radius 1 is 0.906 bits per heavy atom. The summed E-state index contributed by atoms with van der Waals surface area (Å²) in [6, 6.07) is 14.4. The highest BCUT2D eigenvalue weighted by Gasteiger charge is 2.32. The third kappa shape index (κ3) is 4.21. The predicted octanol–water partition coefficient (Wildman–Crippen LogP) is 1.66. The Balaban J connectivity index is 1.42. The summed E-state index contributed by atoms with van der Waals surface area (Å²) in [4.78, 5) is 56.6. The number of hydrogen-bond donors (Lipinski definition) is 0. The minimum absolute atomic E-state index is 0.0319. The minimum Gasteiger partial charge on any atom is -0.368 e.